The zero-order chi connectivity index (χ0) is 19.6. The molecule has 144 valence electrons. The van der Waals surface area contributed by atoms with Gasteiger partial charge >= 0.3 is 5.97 Å². The second-order valence-corrected chi connectivity index (χ2v) is 5.37. The summed E-state index contributed by atoms with van der Waals surface area (Å²) >= 11 is 0. The van der Waals surface area contributed by atoms with E-state index in [1.54, 1.807) is 18.2 Å². The van der Waals surface area contributed by atoms with Crippen molar-refractivity contribution in [3.8, 4) is 17.2 Å². The topological polar surface area (TPSA) is 83.1 Å². The minimum Gasteiger partial charge on any atom is -0.493 e. The Morgan fingerprint density at radius 3 is 2.33 bits per heavy atom. The van der Waals surface area contributed by atoms with Gasteiger partial charge in [0.2, 0.25) is 0 Å². The average molecular weight is 377 g/mol. The molecule has 27 heavy (non-hydrogen) atoms. The standard InChI is InChI=1S/C19H20FNO6/c1-24-16-8-3-13(9-17(16)25-2)10-21-18(22)11-27-19(23)12-26-15-6-4-14(20)5-7-15/h3-9H,10-12H2,1-2H3,(H,21,22). The third kappa shape index (κ3) is 6.50. The first-order valence-corrected chi connectivity index (χ1v) is 8.03. The highest BCUT2D eigenvalue weighted by molar-refractivity contribution is 5.80. The van der Waals surface area contributed by atoms with E-state index in [-0.39, 0.29) is 13.2 Å². The molecule has 1 amide bonds. The van der Waals surface area contributed by atoms with Crippen LogP contribution < -0.4 is 19.5 Å². The summed E-state index contributed by atoms with van der Waals surface area (Å²) in [6.45, 7) is -0.573. The number of benzene rings is 2. The van der Waals surface area contributed by atoms with Crippen molar-refractivity contribution in [2.45, 2.75) is 6.54 Å². The zero-order valence-corrected chi connectivity index (χ0v) is 15.0. The average Bonchev–Trinajstić information content (AvgIpc) is 2.69. The van der Waals surface area contributed by atoms with Crippen LogP contribution in [0, 0.1) is 5.82 Å². The van der Waals surface area contributed by atoms with Crippen molar-refractivity contribution < 1.29 is 32.9 Å². The van der Waals surface area contributed by atoms with Crippen molar-refractivity contribution >= 4 is 11.9 Å². The predicted molar refractivity (Wildman–Crippen MR) is 94.2 cm³/mol. The van der Waals surface area contributed by atoms with Gasteiger partial charge in [-0.3, -0.25) is 4.79 Å². The molecule has 0 saturated carbocycles. The van der Waals surface area contributed by atoms with Crippen LogP contribution >= 0.6 is 0 Å². The summed E-state index contributed by atoms with van der Waals surface area (Å²) < 4.78 is 33.1. The summed E-state index contributed by atoms with van der Waals surface area (Å²) in [7, 11) is 3.06. The molecule has 8 heteroatoms. The first-order chi connectivity index (χ1) is 13.0. The van der Waals surface area contributed by atoms with Gasteiger partial charge in [0.15, 0.2) is 24.7 Å². The number of esters is 1. The molecule has 7 nitrogen and oxygen atoms in total. The van der Waals surface area contributed by atoms with Crippen LogP contribution in [-0.2, 0) is 20.9 Å². The Kier molecular flexibility index (Phi) is 7.42. The molecule has 2 rings (SSSR count). The lowest BCUT2D eigenvalue weighted by Gasteiger charge is -2.11. The van der Waals surface area contributed by atoms with Crippen LogP contribution in [0.15, 0.2) is 42.5 Å². The molecule has 0 unspecified atom stereocenters. The number of hydrogen-bond acceptors (Lipinski definition) is 6. The van der Waals surface area contributed by atoms with Gasteiger partial charge in [0.05, 0.1) is 14.2 Å². The molecule has 2 aromatic carbocycles. The summed E-state index contributed by atoms with van der Waals surface area (Å²) in [6.07, 6.45) is 0. The van der Waals surface area contributed by atoms with E-state index in [0.717, 1.165) is 5.56 Å². The van der Waals surface area contributed by atoms with Gasteiger partial charge in [0.1, 0.15) is 11.6 Å². The van der Waals surface area contributed by atoms with Gasteiger partial charge in [-0.25, -0.2) is 9.18 Å². The third-order valence-corrected chi connectivity index (χ3v) is 3.47. The monoisotopic (exact) mass is 377 g/mol. The summed E-state index contributed by atoms with van der Waals surface area (Å²) in [4.78, 5) is 23.4. The van der Waals surface area contributed by atoms with Gasteiger partial charge in [-0.05, 0) is 42.0 Å². The van der Waals surface area contributed by atoms with Crippen LogP contribution in [0.2, 0.25) is 0 Å². The summed E-state index contributed by atoms with van der Waals surface area (Å²) in [5.74, 6) is -0.112. The fourth-order valence-electron chi connectivity index (χ4n) is 2.10. The van der Waals surface area contributed by atoms with Crippen LogP contribution in [-0.4, -0.2) is 39.3 Å². The number of carbonyl (C=O) groups excluding carboxylic acids is 2. The van der Waals surface area contributed by atoms with E-state index in [2.05, 4.69) is 5.32 Å². The molecule has 0 saturated heterocycles. The van der Waals surface area contributed by atoms with Crippen LogP contribution in [0.25, 0.3) is 0 Å². The van der Waals surface area contributed by atoms with Gasteiger partial charge in [-0.1, -0.05) is 6.07 Å². The van der Waals surface area contributed by atoms with Gasteiger partial charge in [0, 0.05) is 6.54 Å². The Labute approximate surface area is 156 Å². The van der Waals surface area contributed by atoms with Gasteiger partial charge in [-0.2, -0.15) is 0 Å². The Morgan fingerprint density at radius 1 is 0.963 bits per heavy atom. The van der Waals surface area contributed by atoms with E-state index in [9.17, 15) is 14.0 Å². The number of nitrogens with one attached hydrogen (secondary N) is 1. The molecular formula is C19H20FNO6. The highest BCUT2D eigenvalue weighted by Crippen LogP contribution is 2.27. The number of amides is 1. The van der Waals surface area contributed by atoms with Crippen molar-refractivity contribution in [1.82, 2.24) is 5.32 Å². The van der Waals surface area contributed by atoms with Crippen molar-refractivity contribution in [2.24, 2.45) is 0 Å². The van der Waals surface area contributed by atoms with Gasteiger partial charge < -0.3 is 24.3 Å². The molecule has 0 aliphatic heterocycles. The van der Waals surface area contributed by atoms with Crippen molar-refractivity contribution in [3.05, 3.63) is 53.8 Å². The number of methoxy groups -OCH3 is 2. The lowest BCUT2D eigenvalue weighted by atomic mass is 10.2. The minimum absolute atomic E-state index is 0.239. The number of ether oxygens (including phenoxy) is 4. The van der Waals surface area contributed by atoms with Crippen LogP contribution in [0.3, 0.4) is 0 Å². The number of halogens is 1. The lowest BCUT2D eigenvalue weighted by molar-refractivity contribution is -0.150. The second-order valence-electron chi connectivity index (χ2n) is 5.37. The molecule has 0 atom stereocenters. The largest absolute Gasteiger partial charge is 0.493 e. The fraction of sp³-hybridized carbons (Fsp3) is 0.263. The molecule has 0 aliphatic rings. The van der Waals surface area contributed by atoms with Crippen molar-refractivity contribution in [3.63, 3.8) is 0 Å². The summed E-state index contributed by atoms with van der Waals surface area (Å²) in [5.41, 5.74) is 0.798. The second kappa shape index (κ2) is 10.0. The maximum atomic E-state index is 12.8. The molecule has 0 radical (unpaired) electrons. The van der Waals surface area contributed by atoms with E-state index < -0.39 is 24.3 Å². The van der Waals surface area contributed by atoms with E-state index in [0.29, 0.717) is 17.2 Å². The smallest absolute Gasteiger partial charge is 0.344 e. The van der Waals surface area contributed by atoms with E-state index >= 15 is 0 Å². The Balaban J connectivity index is 1.71. The predicted octanol–water partition coefficient (Wildman–Crippen LogP) is 2.08. The Bertz CT molecular complexity index is 778. The first kappa shape index (κ1) is 20.0. The Hall–Kier alpha value is -3.29. The molecule has 1 N–H and O–H groups in total. The highest BCUT2D eigenvalue weighted by Gasteiger charge is 2.10. The van der Waals surface area contributed by atoms with E-state index in [1.165, 1.54) is 38.5 Å². The molecule has 0 spiro atoms. The summed E-state index contributed by atoms with van der Waals surface area (Å²) in [6, 6.07) is 10.4. The van der Waals surface area contributed by atoms with Crippen LogP contribution in [0.5, 0.6) is 17.2 Å². The SMILES string of the molecule is COc1ccc(CNC(=O)COC(=O)COc2ccc(F)cc2)cc1OC. The van der Waals surface area contributed by atoms with Crippen LogP contribution in [0.1, 0.15) is 5.56 Å². The molecule has 0 aliphatic carbocycles. The maximum absolute atomic E-state index is 12.8. The molecule has 0 heterocycles. The molecule has 0 bridgehead atoms. The normalized spacial score (nSPS) is 10.0. The maximum Gasteiger partial charge on any atom is 0.344 e. The van der Waals surface area contributed by atoms with E-state index in [1.807, 2.05) is 0 Å². The zero-order valence-electron chi connectivity index (χ0n) is 15.0. The van der Waals surface area contributed by atoms with E-state index in [4.69, 9.17) is 18.9 Å². The third-order valence-electron chi connectivity index (χ3n) is 3.47. The quantitative estimate of drug-likeness (QED) is 0.674. The molecular weight excluding hydrogens is 357 g/mol. The van der Waals surface area contributed by atoms with Crippen molar-refractivity contribution in [2.75, 3.05) is 27.4 Å². The number of carbonyl (C=O) groups is 2. The number of rotatable bonds is 9. The van der Waals surface area contributed by atoms with Gasteiger partial charge in [0.25, 0.3) is 5.91 Å². The first-order valence-electron chi connectivity index (χ1n) is 8.03. The molecule has 0 aromatic heterocycles. The molecule has 2 aromatic rings. The summed E-state index contributed by atoms with van der Waals surface area (Å²) in [5, 5.41) is 2.63. The minimum atomic E-state index is -0.708. The Morgan fingerprint density at radius 2 is 1.67 bits per heavy atom. The van der Waals surface area contributed by atoms with Crippen molar-refractivity contribution in [1.29, 1.82) is 0 Å². The highest BCUT2D eigenvalue weighted by atomic mass is 19.1. The van der Waals surface area contributed by atoms with Gasteiger partial charge in [-0.15, -0.1) is 0 Å². The van der Waals surface area contributed by atoms with Crippen LogP contribution in [0.4, 0.5) is 4.39 Å². The molecule has 0 fully saturated rings. The lowest BCUT2D eigenvalue weighted by Crippen LogP contribution is -2.29. The number of hydrogen-bond donors (Lipinski definition) is 1. The fourth-order valence-corrected chi connectivity index (χ4v) is 2.10.